The minimum Gasteiger partial charge on any atom is -0.449 e. The molecule has 0 aromatic rings. The Kier molecular flexibility index (Phi) is 5.19. The molecule has 0 spiro atoms. The van der Waals surface area contributed by atoms with Crippen molar-refractivity contribution in [2.24, 2.45) is 5.92 Å². The van der Waals surface area contributed by atoms with Crippen LogP contribution in [0, 0.1) is 18.3 Å². The molecule has 0 aromatic heterocycles. The lowest BCUT2D eigenvalue weighted by Crippen LogP contribution is -2.19. The van der Waals surface area contributed by atoms with Gasteiger partial charge in [-0.1, -0.05) is 26.2 Å². The van der Waals surface area contributed by atoms with Crippen LogP contribution in [0.25, 0.3) is 0 Å². The van der Waals surface area contributed by atoms with Crippen molar-refractivity contribution in [1.29, 1.82) is 0 Å². The lowest BCUT2D eigenvalue weighted by molar-refractivity contribution is -0.150. The van der Waals surface area contributed by atoms with Crippen molar-refractivity contribution in [1.82, 2.24) is 0 Å². The fourth-order valence-electron chi connectivity index (χ4n) is 0.875. The van der Waals surface area contributed by atoms with Gasteiger partial charge in [-0.15, -0.1) is 6.42 Å². The molecule has 2 atom stereocenters. The number of carbonyl (C=O) groups excluding carboxylic acids is 1. The smallest absolute Gasteiger partial charge is 0.309 e. The molecular weight excluding hydrogens is 152 g/mol. The van der Waals surface area contributed by atoms with Gasteiger partial charge in [0.25, 0.3) is 0 Å². The van der Waals surface area contributed by atoms with Gasteiger partial charge in [-0.2, -0.15) is 0 Å². The first kappa shape index (κ1) is 11.0. The summed E-state index contributed by atoms with van der Waals surface area (Å²) in [4.78, 5) is 11.2. The third-order valence-corrected chi connectivity index (χ3v) is 1.65. The van der Waals surface area contributed by atoms with Gasteiger partial charge >= 0.3 is 5.97 Å². The summed E-state index contributed by atoms with van der Waals surface area (Å²) in [5.41, 5.74) is 0. The summed E-state index contributed by atoms with van der Waals surface area (Å²) in [5.74, 6) is 2.12. The summed E-state index contributed by atoms with van der Waals surface area (Å²) in [6.07, 6.45) is 6.51. The van der Waals surface area contributed by atoms with Gasteiger partial charge in [0.05, 0.1) is 5.92 Å². The monoisotopic (exact) mass is 168 g/mol. The summed E-state index contributed by atoms with van der Waals surface area (Å²) in [7, 11) is 0. The average molecular weight is 168 g/mol. The Balaban J connectivity index is 3.80. The predicted octanol–water partition coefficient (Wildman–Crippen LogP) is 1.99. The van der Waals surface area contributed by atoms with Gasteiger partial charge in [0, 0.05) is 0 Å². The molecule has 0 aliphatic rings. The van der Waals surface area contributed by atoms with Crippen LogP contribution in [0.3, 0.4) is 0 Å². The van der Waals surface area contributed by atoms with Crippen LogP contribution in [0.4, 0.5) is 0 Å². The zero-order valence-electron chi connectivity index (χ0n) is 7.96. The molecule has 0 rings (SSSR count). The third kappa shape index (κ3) is 4.02. The van der Waals surface area contributed by atoms with E-state index >= 15 is 0 Å². The van der Waals surface area contributed by atoms with Crippen LogP contribution in [0.15, 0.2) is 0 Å². The SMILES string of the molecule is C#CC(C)OC(=O)C(C)CCC. The fourth-order valence-corrected chi connectivity index (χ4v) is 0.875. The summed E-state index contributed by atoms with van der Waals surface area (Å²) in [5, 5.41) is 0. The highest BCUT2D eigenvalue weighted by Crippen LogP contribution is 2.08. The van der Waals surface area contributed by atoms with Crippen LogP contribution < -0.4 is 0 Å². The molecular formula is C10H16O2. The van der Waals surface area contributed by atoms with Crippen molar-refractivity contribution < 1.29 is 9.53 Å². The zero-order valence-corrected chi connectivity index (χ0v) is 7.96. The second kappa shape index (κ2) is 5.65. The first-order chi connectivity index (χ1) is 5.61. The Bertz CT molecular complexity index is 179. The van der Waals surface area contributed by atoms with Crippen LogP contribution in [0.2, 0.25) is 0 Å². The van der Waals surface area contributed by atoms with Crippen LogP contribution in [0.1, 0.15) is 33.6 Å². The van der Waals surface area contributed by atoms with Crippen molar-refractivity contribution in [3.8, 4) is 12.3 Å². The highest BCUT2D eigenvalue weighted by Gasteiger charge is 2.14. The molecule has 0 aromatic carbocycles. The minimum atomic E-state index is -0.406. The quantitative estimate of drug-likeness (QED) is 0.474. The highest BCUT2D eigenvalue weighted by atomic mass is 16.5. The number of rotatable bonds is 4. The summed E-state index contributed by atoms with van der Waals surface area (Å²) >= 11 is 0. The first-order valence-corrected chi connectivity index (χ1v) is 4.28. The molecule has 0 aliphatic carbocycles. The van der Waals surface area contributed by atoms with Crippen LogP contribution in [0.5, 0.6) is 0 Å². The van der Waals surface area contributed by atoms with Crippen molar-refractivity contribution in [3.63, 3.8) is 0 Å². The predicted molar refractivity (Wildman–Crippen MR) is 48.5 cm³/mol. The van der Waals surface area contributed by atoms with Gasteiger partial charge in [0.15, 0.2) is 6.10 Å². The molecule has 0 heterocycles. The van der Waals surface area contributed by atoms with Crippen LogP contribution in [-0.4, -0.2) is 12.1 Å². The summed E-state index contributed by atoms with van der Waals surface area (Å²) in [6.45, 7) is 5.58. The molecule has 0 bridgehead atoms. The van der Waals surface area contributed by atoms with Crippen molar-refractivity contribution in [2.45, 2.75) is 39.7 Å². The molecule has 0 saturated heterocycles. The van der Waals surface area contributed by atoms with E-state index in [0.717, 1.165) is 12.8 Å². The standard InChI is InChI=1S/C10H16O2/c1-5-7-8(3)10(11)12-9(4)6-2/h2,8-9H,5,7H2,1,3-4H3. The Hall–Kier alpha value is -0.970. The number of ether oxygens (including phenoxy) is 1. The molecule has 0 saturated carbocycles. The molecule has 68 valence electrons. The fraction of sp³-hybridized carbons (Fsp3) is 0.700. The Morgan fingerprint density at radius 2 is 2.17 bits per heavy atom. The van der Waals surface area contributed by atoms with Gasteiger partial charge in [-0.3, -0.25) is 4.79 Å². The van der Waals surface area contributed by atoms with E-state index in [1.807, 2.05) is 13.8 Å². The molecule has 0 amide bonds. The second-order valence-corrected chi connectivity index (χ2v) is 2.94. The Labute approximate surface area is 74.3 Å². The van der Waals surface area contributed by atoms with Crippen molar-refractivity contribution in [2.75, 3.05) is 0 Å². The minimum absolute atomic E-state index is 0.0363. The van der Waals surface area contributed by atoms with E-state index in [9.17, 15) is 4.79 Å². The van der Waals surface area contributed by atoms with Gasteiger partial charge in [-0.05, 0) is 13.3 Å². The summed E-state index contributed by atoms with van der Waals surface area (Å²) < 4.78 is 4.94. The van der Waals surface area contributed by atoms with Gasteiger partial charge in [-0.25, -0.2) is 0 Å². The maximum absolute atomic E-state index is 11.2. The summed E-state index contributed by atoms with van der Waals surface area (Å²) in [6, 6.07) is 0. The molecule has 0 aliphatic heterocycles. The van der Waals surface area contributed by atoms with Gasteiger partial charge in [0.2, 0.25) is 0 Å². The van der Waals surface area contributed by atoms with E-state index in [1.54, 1.807) is 6.92 Å². The number of esters is 1. The van der Waals surface area contributed by atoms with Crippen LogP contribution in [-0.2, 0) is 9.53 Å². The normalized spacial score (nSPS) is 14.5. The van der Waals surface area contributed by atoms with Crippen LogP contribution >= 0.6 is 0 Å². The first-order valence-electron chi connectivity index (χ1n) is 4.28. The highest BCUT2D eigenvalue weighted by molar-refractivity contribution is 5.72. The molecule has 0 N–H and O–H groups in total. The zero-order chi connectivity index (χ0) is 9.56. The second-order valence-electron chi connectivity index (χ2n) is 2.94. The lowest BCUT2D eigenvalue weighted by atomic mass is 10.1. The van der Waals surface area contributed by atoms with E-state index in [1.165, 1.54) is 0 Å². The van der Waals surface area contributed by atoms with Gasteiger partial charge in [0.1, 0.15) is 0 Å². The number of terminal acetylenes is 1. The molecule has 12 heavy (non-hydrogen) atoms. The lowest BCUT2D eigenvalue weighted by Gasteiger charge is -2.11. The number of hydrogen-bond donors (Lipinski definition) is 0. The van der Waals surface area contributed by atoms with E-state index in [4.69, 9.17) is 11.2 Å². The van der Waals surface area contributed by atoms with E-state index < -0.39 is 6.10 Å². The Morgan fingerprint density at radius 1 is 1.58 bits per heavy atom. The van der Waals surface area contributed by atoms with Gasteiger partial charge < -0.3 is 4.74 Å². The third-order valence-electron chi connectivity index (χ3n) is 1.65. The molecule has 2 unspecified atom stereocenters. The molecule has 2 nitrogen and oxygen atoms in total. The number of hydrogen-bond acceptors (Lipinski definition) is 2. The van der Waals surface area contributed by atoms with Crippen molar-refractivity contribution >= 4 is 5.97 Å². The van der Waals surface area contributed by atoms with E-state index in [2.05, 4.69) is 5.92 Å². The molecule has 0 radical (unpaired) electrons. The van der Waals surface area contributed by atoms with Crippen molar-refractivity contribution in [3.05, 3.63) is 0 Å². The van der Waals surface area contributed by atoms with E-state index in [0.29, 0.717) is 0 Å². The van der Waals surface area contributed by atoms with E-state index in [-0.39, 0.29) is 11.9 Å². The molecule has 2 heteroatoms. The molecule has 0 fully saturated rings. The maximum atomic E-state index is 11.2. The average Bonchev–Trinajstić information content (AvgIpc) is 2.04. The Morgan fingerprint density at radius 3 is 2.58 bits per heavy atom. The topological polar surface area (TPSA) is 26.3 Å². The largest absolute Gasteiger partial charge is 0.449 e. The maximum Gasteiger partial charge on any atom is 0.309 e. The number of carbonyl (C=O) groups is 1.